The van der Waals surface area contributed by atoms with Crippen LogP contribution in [0.1, 0.15) is 4.88 Å². The summed E-state index contributed by atoms with van der Waals surface area (Å²) < 4.78 is 1.92. The monoisotopic (exact) mass is 305 g/mol. The molecule has 7 heteroatoms. The van der Waals surface area contributed by atoms with Gasteiger partial charge in [0.15, 0.2) is 10.8 Å². The third kappa shape index (κ3) is 2.50. The topological polar surface area (TPSA) is 68.0 Å². The number of carboxylic acid groups (broad SMARTS) is 1. The molecule has 0 aliphatic rings. The number of hydrogen-bond acceptors (Lipinski definition) is 5. The van der Waals surface area contributed by atoms with Gasteiger partial charge in [-0.3, -0.25) is 4.79 Å². The Hall–Kier alpha value is -1.99. The SMILES string of the molecule is Cn1ccnc1-c1nc(-c2ccc(CC(=O)O)s2)cs1. The van der Waals surface area contributed by atoms with Crippen LogP contribution in [-0.4, -0.2) is 25.6 Å². The molecule has 0 amide bonds. The van der Waals surface area contributed by atoms with Crippen molar-refractivity contribution in [3.8, 4) is 21.4 Å². The summed E-state index contributed by atoms with van der Waals surface area (Å²) in [5, 5.41) is 11.6. The predicted octanol–water partition coefficient (Wildman–Crippen LogP) is 2.90. The molecule has 102 valence electrons. The molecule has 3 rings (SSSR count). The summed E-state index contributed by atoms with van der Waals surface area (Å²) in [5.74, 6) is 0.0222. The highest BCUT2D eigenvalue weighted by atomic mass is 32.1. The third-order valence-electron chi connectivity index (χ3n) is 2.76. The lowest BCUT2D eigenvalue weighted by molar-refractivity contribution is -0.136. The number of thiazole rings is 1. The minimum absolute atomic E-state index is 0.0566. The van der Waals surface area contributed by atoms with E-state index in [1.165, 1.54) is 22.7 Å². The number of aryl methyl sites for hydroxylation is 1. The van der Waals surface area contributed by atoms with Crippen LogP contribution in [0.2, 0.25) is 0 Å². The number of aromatic nitrogens is 3. The summed E-state index contributed by atoms with van der Waals surface area (Å²) in [4.78, 5) is 21.4. The predicted molar refractivity (Wildman–Crippen MR) is 79.0 cm³/mol. The fourth-order valence-corrected chi connectivity index (χ4v) is 3.71. The van der Waals surface area contributed by atoms with E-state index in [0.717, 1.165) is 26.3 Å². The Kier molecular flexibility index (Phi) is 3.37. The fraction of sp³-hybridized carbons (Fsp3) is 0.154. The largest absolute Gasteiger partial charge is 0.481 e. The van der Waals surface area contributed by atoms with E-state index in [0.29, 0.717) is 0 Å². The summed E-state index contributed by atoms with van der Waals surface area (Å²) in [6.07, 6.45) is 3.68. The summed E-state index contributed by atoms with van der Waals surface area (Å²) >= 11 is 3.00. The van der Waals surface area contributed by atoms with E-state index in [4.69, 9.17) is 5.11 Å². The van der Waals surface area contributed by atoms with Crippen LogP contribution >= 0.6 is 22.7 Å². The zero-order chi connectivity index (χ0) is 14.1. The molecule has 0 aliphatic carbocycles. The Balaban J connectivity index is 1.88. The molecule has 0 bridgehead atoms. The van der Waals surface area contributed by atoms with E-state index in [-0.39, 0.29) is 6.42 Å². The first kappa shape index (κ1) is 13.0. The normalized spacial score (nSPS) is 10.8. The minimum Gasteiger partial charge on any atom is -0.481 e. The molecule has 3 aromatic heterocycles. The average Bonchev–Trinajstić information content (AvgIpc) is 3.07. The van der Waals surface area contributed by atoms with E-state index in [1.54, 1.807) is 6.20 Å². The molecule has 0 aliphatic heterocycles. The smallest absolute Gasteiger partial charge is 0.308 e. The van der Waals surface area contributed by atoms with E-state index in [9.17, 15) is 4.79 Å². The Morgan fingerprint density at radius 1 is 1.45 bits per heavy atom. The first-order valence-corrected chi connectivity index (χ1v) is 7.57. The van der Waals surface area contributed by atoms with Gasteiger partial charge >= 0.3 is 5.97 Å². The van der Waals surface area contributed by atoms with E-state index in [2.05, 4.69) is 9.97 Å². The number of imidazole rings is 1. The van der Waals surface area contributed by atoms with Crippen LogP contribution in [0.15, 0.2) is 29.9 Å². The van der Waals surface area contributed by atoms with Gasteiger partial charge in [-0.25, -0.2) is 9.97 Å². The number of nitrogens with zero attached hydrogens (tertiary/aromatic N) is 3. The second-order valence-electron chi connectivity index (χ2n) is 4.24. The van der Waals surface area contributed by atoms with Gasteiger partial charge in [0, 0.05) is 29.7 Å². The average molecular weight is 305 g/mol. The molecule has 5 nitrogen and oxygen atoms in total. The lowest BCUT2D eigenvalue weighted by atomic mass is 10.3. The van der Waals surface area contributed by atoms with Crippen molar-refractivity contribution in [2.24, 2.45) is 7.05 Å². The van der Waals surface area contributed by atoms with Gasteiger partial charge in [0.25, 0.3) is 0 Å². The van der Waals surface area contributed by atoms with Crippen LogP contribution in [0.5, 0.6) is 0 Å². The number of carboxylic acids is 1. The quantitative estimate of drug-likeness (QED) is 0.804. The van der Waals surface area contributed by atoms with Gasteiger partial charge in [-0.15, -0.1) is 22.7 Å². The van der Waals surface area contributed by atoms with E-state index >= 15 is 0 Å². The molecular formula is C13H11N3O2S2. The van der Waals surface area contributed by atoms with Crippen molar-refractivity contribution in [1.29, 1.82) is 0 Å². The molecule has 0 saturated heterocycles. The summed E-state index contributed by atoms with van der Waals surface area (Å²) in [6, 6.07) is 3.76. The Bertz CT molecular complexity index is 757. The third-order valence-corrected chi connectivity index (χ3v) is 4.70. The summed E-state index contributed by atoms with van der Waals surface area (Å²) in [7, 11) is 1.93. The molecule has 20 heavy (non-hydrogen) atoms. The molecule has 0 atom stereocenters. The molecule has 3 heterocycles. The molecule has 3 aromatic rings. The molecule has 0 spiro atoms. The Morgan fingerprint density at radius 2 is 2.30 bits per heavy atom. The Labute approximate surface area is 123 Å². The fourth-order valence-electron chi connectivity index (χ4n) is 1.82. The molecule has 1 N–H and O–H groups in total. The molecule has 0 aromatic carbocycles. The number of hydrogen-bond donors (Lipinski definition) is 1. The summed E-state index contributed by atoms with van der Waals surface area (Å²) in [5.41, 5.74) is 0.870. The number of carbonyl (C=O) groups is 1. The lowest BCUT2D eigenvalue weighted by Crippen LogP contribution is -1.96. The second kappa shape index (κ2) is 5.18. The molecule has 0 radical (unpaired) electrons. The van der Waals surface area contributed by atoms with E-state index < -0.39 is 5.97 Å². The van der Waals surface area contributed by atoms with Crippen molar-refractivity contribution < 1.29 is 9.90 Å². The van der Waals surface area contributed by atoms with Crippen molar-refractivity contribution in [1.82, 2.24) is 14.5 Å². The first-order chi connectivity index (χ1) is 9.63. The van der Waals surface area contributed by atoms with Crippen molar-refractivity contribution >= 4 is 28.6 Å². The minimum atomic E-state index is -0.814. The van der Waals surface area contributed by atoms with Gasteiger partial charge < -0.3 is 9.67 Å². The van der Waals surface area contributed by atoms with Crippen LogP contribution in [0.25, 0.3) is 21.4 Å². The maximum Gasteiger partial charge on any atom is 0.308 e. The summed E-state index contributed by atoms with van der Waals surface area (Å²) in [6.45, 7) is 0. The zero-order valence-corrected chi connectivity index (χ0v) is 12.2. The number of aliphatic carboxylic acids is 1. The molecule has 0 unspecified atom stereocenters. The van der Waals surface area contributed by atoms with Crippen LogP contribution in [0.3, 0.4) is 0 Å². The highest BCUT2D eigenvalue weighted by molar-refractivity contribution is 7.16. The van der Waals surface area contributed by atoms with Crippen LogP contribution in [0.4, 0.5) is 0 Å². The van der Waals surface area contributed by atoms with Crippen LogP contribution in [0, 0.1) is 0 Å². The highest BCUT2D eigenvalue weighted by Crippen LogP contribution is 2.32. The van der Waals surface area contributed by atoms with Crippen molar-refractivity contribution in [3.63, 3.8) is 0 Å². The van der Waals surface area contributed by atoms with Crippen molar-refractivity contribution in [2.75, 3.05) is 0 Å². The van der Waals surface area contributed by atoms with Gasteiger partial charge in [-0.2, -0.15) is 0 Å². The maximum atomic E-state index is 10.7. The zero-order valence-electron chi connectivity index (χ0n) is 10.6. The van der Waals surface area contributed by atoms with Gasteiger partial charge in [0.05, 0.1) is 17.0 Å². The molecule has 0 fully saturated rings. The maximum absolute atomic E-state index is 10.7. The van der Waals surface area contributed by atoms with E-state index in [1.807, 2.05) is 35.3 Å². The number of thiophene rings is 1. The standard InChI is InChI=1S/C13H11N3O2S2/c1-16-5-4-14-12(16)13-15-9(7-19-13)10-3-2-8(20-10)6-11(17)18/h2-5,7H,6H2,1H3,(H,17,18). The van der Waals surface area contributed by atoms with Gasteiger partial charge in [0.1, 0.15) is 0 Å². The lowest BCUT2D eigenvalue weighted by Gasteiger charge is -1.95. The molecular weight excluding hydrogens is 294 g/mol. The molecule has 0 saturated carbocycles. The van der Waals surface area contributed by atoms with Gasteiger partial charge in [-0.05, 0) is 12.1 Å². The van der Waals surface area contributed by atoms with Gasteiger partial charge in [0.2, 0.25) is 0 Å². The number of rotatable bonds is 4. The van der Waals surface area contributed by atoms with Gasteiger partial charge in [-0.1, -0.05) is 0 Å². The Morgan fingerprint density at radius 3 is 3.00 bits per heavy atom. The van der Waals surface area contributed by atoms with Crippen LogP contribution in [-0.2, 0) is 18.3 Å². The van der Waals surface area contributed by atoms with Crippen molar-refractivity contribution in [2.45, 2.75) is 6.42 Å². The second-order valence-corrected chi connectivity index (χ2v) is 6.26. The van der Waals surface area contributed by atoms with Crippen molar-refractivity contribution in [3.05, 3.63) is 34.8 Å². The highest BCUT2D eigenvalue weighted by Gasteiger charge is 2.12. The van der Waals surface area contributed by atoms with Crippen LogP contribution < -0.4 is 0 Å². The first-order valence-electron chi connectivity index (χ1n) is 5.87.